The second kappa shape index (κ2) is 234. The van der Waals surface area contributed by atoms with E-state index in [0.717, 1.165) is 21.4 Å². The van der Waals surface area contributed by atoms with E-state index in [9.17, 15) is 0 Å². The van der Waals surface area contributed by atoms with Gasteiger partial charge in [-0.15, -0.1) is 21.4 Å². The van der Waals surface area contributed by atoms with Gasteiger partial charge in [0, 0.05) is 6.15 Å². The Bertz CT molecular complexity index is 71.7. The van der Waals surface area contributed by atoms with Crippen LogP contribution >= 0.6 is 0 Å². The van der Waals surface area contributed by atoms with Gasteiger partial charge in [-0.25, -0.2) is 0 Å². The maximum atomic E-state index is 8.00. The van der Waals surface area contributed by atoms with Crippen LogP contribution in [0.5, 0.6) is 0 Å². The average molecular weight is 393 g/mol. The van der Waals surface area contributed by atoms with E-state index in [0.29, 0.717) is 0 Å². The third kappa shape index (κ3) is 286. The molecule has 0 saturated carbocycles. The first-order valence-electron chi connectivity index (χ1n) is 1.46. The molecule has 0 aromatic rings. The molecule has 3 radical (unpaired) electrons. The van der Waals surface area contributed by atoms with Crippen molar-refractivity contribution in [3.63, 3.8) is 0 Å². The minimum absolute atomic E-state index is 0. The summed E-state index contributed by atoms with van der Waals surface area (Å²) in [6, 6.07) is 0. The van der Waals surface area contributed by atoms with E-state index in [2.05, 4.69) is 0 Å². The fourth-order valence-corrected chi connectivity index (χ4v) is 0. The molecule has 0 rings (SSSR count). The van der Waals surface area contributed by atoms with Gasteiger partial charge in [0.1, 0.15) is 0 Å². The Morgan fingerprint density at radius 2 is 0.571 bits per heavy atom. The van der Waals surface area contributed by atoms with Gasteiger partial charge in [-0.3, -0.25) is 0 Å². The Hall–Kier alpha value is -1.75. The summed E-state index contributed by atoms with van der Waals surface area (Å²) in [5, 5.41) is 36.0. The van der Waals surface area contributed by atoms with E-state index in [1.54, 1.807) is 0 Å². The van der Waals surface area contributed by atoms with Gasteiger partial charge in [0.05, 0.1) is 0 Å². The van der Waals surface area contributed by atoms with Crippen molar-refractivity contribution in [1.29, 1.82) is 0 Å². The summed E-state index contributed by atoms with van der Waals surface area (Å²) in [5.41, 5.74) is 0. The van der Waals surface area contributed by atoms with Crippen LogP contribution in [0.25, 0.3) is 0 Å². The summed E-state index contributed by atoms with van der Waals surface area (Å²) < 4.78 is 0. The zero-order valence-electron chi connectivity index (χ0n) is 5.82. The Morgan fingerprint density at radius 3 is 0.571 bits per heavy atom. The normalized spacial score (nSPS) is 3.43. The molecule has 0 amide bonds. The van der Waals surface area contributed by atoms with Gasteiger partial charge >= 0.3 is 21.1 Å². The summed E-state index contributed by atoms with van der Waals surface area (Å²) in [6.45, 7) is 0. The molecule has 13 nitrogen and oxygen atoms in total. The first kappa shape index (κ1) is 39.7. The predicted octanol–water partition coefficient (Wildman–Crippen LogP) is 0.519. The molecule has 0 atom stereocenters. The van der Waals surface area contributed by atoms with E-state index < -0.39 is 0 Å². The summed E-state index contributed by atoms with van der Waals surface area (Å²) in [4.78, 5) is 32.0. The molecule has 0 aliphatic rings. The van der Waals surface area contributed by atoms with Gasteiger partial charge in [-0.2, -0.15) is 0 Å². The van der Waals surface area contributed by atoms with Crippen LogP contribution in [0.1, 0.15) is 0 Å². The zero-order valence-corrected chi connectivity index (χ0v) is 8.09. The molecule has 14 heteroatoms. The summed E-state index contributed by atoms with van der Waals surface area (Å²) in [5.74, 6) is 0. The third-order valence-electron chi connectivity index (χ3n) is 0. The first-order valence-corrected chi connectivity index (χ1v) is 1.46. The van der Waals surface area contributed by atoms with Crippen molar-refractivity contribution in [2.24, 2.45) is 21.4 Å². The van der Waals surface area contributed by atoms with Crippen LogP contribution in [0.4, 0.5) is 0 Å². The van der Waals surface area contributed by atoms with Crippen molar-refractivity contribution in [1.82, 2.24) is 6.15 Å². The van der Waals surface area contributed by atoms with Crippen molar-refractivity contribution in [3.05, 3.63) is 40.5 Å². The molecule has 14 heavy (non-hydrogen) atoms. The smallest absolute Gasteiger partial charge is 0.444 e. The fourth-order valence-electron chi connectivity index (χ4n) is 0. The third-order valence-corrected chi connectivity index (χ3v) is 0. The van der Waals surface area contributed by atoms with Crippen molar-refractivity contribution in [2.75, 3.05) is 0 Å². The Kier molecular flexibility index (Phi) is 663. The molecule has 0 fully saturated rings. The molecule has 83 valence electrons. The number of nitrogens with zero attached hydrogens (tertiary/aromatic N) is 5. The van der Waals surface area contributed by atoms with Crippen molar-refractivity contribution in [2.45, 2.75) is 0 Å². The van der Waals surface area contributed by atoms with Crippen molar-refractivity contribution < 1.29 is 21.1 Å². The number of hydrogen-bond acceptors (Lipinski definition) is 12. The maximum Gasteiger partial charge on any atom is 4.00 e. The molecule has 0 aliphatic carbocycles. The minimum Gasteiger partial charge on any atom is -0.444 e. The van der Waals surface area contributed by atoms with Gasteiger partial charge in [-0.05, 0) is 0 Å². The average Bonchev–Trinajstić information content (AvgIpc) is 1.92. The van der Waals surface area contributed by atoms with Crippen LogP contribution in [-0.2, 0) is 21.1 Å². The predicted molar refractivity (Wildman–Crippen MR) is 38.8 cm³/mol. The molecule has 0 saturated heterocycles. The van der Waals surface area contributed by atoms with Crippen LogP contribution < -0.4 is 6.15 Å². The summed E-state index contributed by atoms with van der Waals surface area (Å²) in [6.07, 6.45) is 0. The van der Waals surface area contributed by atoms with Crippen molar-refractivity contribution >= 4 is 0 Å². The quantitative estimate of drug-likeness (QED) is 0.413. The second-order valence-electron chi connectivity index (χ2n) is 0.298. The van der Waals surface area contributed by atoms with Crippen LogP contribution in [0.15, 0.2) is 21.4 Å². The molecule has 0 aromatic carbocycles. The molecule has 0 aromatic heterocycles. The summed E-state index contributed by atoms with van der Waals surface area (Å²) in [7, 11) is 0. The molecule has 0 spiro atoms. The number of rotatable bonds is 0. The van der Waals surface area contributed by atoms with Gasteiger partial charge in [0.15, 0.2) is 0 Å². The molecule has 0 heterocycles. The van der Waals surface area contributed by atoms with Gasteiger partial charge in [0.25, 0.3) is 0 Å². The largest absolute Gasteiger partial charge is 4.00 e. The molecule has 0 aliphatic heterocycles. The van der Waals surface area contributed by atoms with Crippen LogP contribution in [0.2, 0.25) is 0 Å². The first-order chi connectivity index (χ1) is 5.66. The Morgan fingerprint density at radius 1 is 0.571 bits per heavy atom. The monoisotopic (exact) mass is 393 g/mol. The fraction of sp³-hybridized carbons (Fsp3) is 0. The molecule has 0 bridgehead atoms. The molecule has 0 unspecified atom stereocenters. The topological polar surface area (TPSA) is 240 Å². The molecular formula is N5O8Pt. The standard InChI is InChI=1S/4HNO2.N.Pt/c4*2-1-3;;/h4*(H,2,3);;/q;;;;;+4/p-4. The van der Waals surface area contributed by atoms with Gasteiger partial charge < -0.3 is 40.5 Å². The van der Waals surface area contributed by atoms with E-state index >= 15 is 0 Å². The van der Waals surface area contributed by atoms with E-state index in [4.69, 9.17) is 40.5 Å². The maximum absolute atomic E-state index is 8.00. The van der Waals surface area contributed by atoms with Gasteiger partial charge in [0.2, 0.25) is 0 Å². The van der Waals surface area contributed by atoms with Crippen LogP contribution in [0, 0.1) is 40.5 Å². The second-order valence-corrected chi connectivity index (χ2v) is 0.298. The Balaban J connectivity index is -0.0000000145. The molecule has 0 N–H and O–H groups in total. The van der Waals surface area contributed by atoms with E-state index in [1.165, 1.54) is 0 Å². The number of hydrogen-bond donors (Lipinski definition) is 0. The van der Waals surface area contributed by atoms with Crippen LogP contribution in [0.3, 0.4) is 0 Å². The van der Waals surface area contributed by atoms with Crippen molar-refractivity contribution in [3.8, 4) is 0 Å². The zero-order chi connectivity index (χ0) is 10.8. The van der Waals surface area contributed by atoms with E-state index in [-0.39, 0.29) is 27.2 Å². The SMILES string of the molecule is O=N[O-].O=N[O-].O=N[O-].O=N[O-].[N].[Pt+4]. The molecular weight excluding hydrogens is 393 g/mol. The summed E-state index contributed by atoms with van der Waals surface area (Å²) >= 11 is 0. The van der Waals surface area contributed by atoms with Gasteiger partial charge in [-0.1, -0.05) is 0 Å². The minimum atomic E-state index is 0. The Labute approximate surface area is 89.7 Å². The van der Waals surface area contributed by atoms with E-state index in [1.807, 2.05) is 0 Å². The van der Waals surface area contributed by atoms with Crippen LogP contribution in [-0.4, -0.2) is 0 Å².